The number of hydrogen-bond acceptors (Lipinski definition) is 4. The van der Waals surface area contributed by atoms with Crippen LogP contribution in [-0.2, 0) is 0 Å². The van der Waals surface area contributed by atoms with Gasteiger partial charge in [0.2, 0.25) is 0 Å². The monoisotopic (exact) mass is 214 g/mol. The summed E-state index contributed by atoms with van der Waals surface area (Å²) in [5, 5.41) is 20.7. The quantitative estimate of drug-likeness (QED) is 0.824. The highest BCUT2D eigenvalue weighted by Crippen LogP contribution is 2.20. The molecule has 1 aromatic carbocycles. The van der Waals surface area contributed by atoms with Gasteiger partial charge in [-0.15, -0.1) is 0 Å². The molecular formula is C11H6N2O3. The third-order valence-electron chi connectivity index (χ3n) is 2.03. The van der Waals surface area contributed by atoms with Crippen molar-refractivity contribution in [2.24, 2.45) is 0 Å². The van der Waals surface area contributed by atoms with E-state index in [0.29, 0.717) is 16.9 Å². The van der Waals surface area contributed by atoms with Gasteiger partial charge in [-0.1, -0.05) is 5.16 Å². The maximum absolute atomic E-state index is 10.6. The molecule has 0 saturated heterocycles. The van der Waals surface area contributed by atoms with Crippen molar-refractivity contribution >= 4 is 5.97 Å². The highest BCUT2D eigenvalue weighted by Gasteiger charge is 2.11. The number of carboxylic acids is 1. The number of aromatic nitrogens is 1. The van der Waals surface area contributed by atoms with E-state index < -0.39 is 5.97 Å². The van der Waals surface area contributed by atoms with Gasteiger partial charge in [-0.25, -0.2) is 4.79 Å². The normalized spacial score (nSPS) is 9.69. The van der Waals surface area contributed by atoms with E-state index in [4.69, 9.17) is 14.9 Å². The number of nitrogens with zero attached hydrogens (tertiary/aromatic N) is 2. The zero-order chi connectivity index (χ0) is 11.5. The molecule has 1 heterocycles. The number of carboxylic acid groups (broad SMARTS) is 1. The summed E-state index contributed by atoms with van der Waals surface area (Å²) >= 11 is 0. The number of benzene rings is 1. The van der Waals surface area contributed by atoms with Gasteiger partial charge in [-0.3, -0.25) is 0 Å². The number of rotatable bonds is 2. The SMILES string of the molecule is N#Cc1ccc(-c2cc(C(=O)O)no2)cc1. The second-order valence-corrected chi connectivity index (χ2v) is 3.07. The fourth-order valence-electron chi connectivity index (χ4n) is 1.22. The Morgan fingerprint density at radius 2 is 2.06 bits per heavy atom. The summed E-state index contributed by atoms with van der Waals surface area (Å²) in [4.78, 5) is 10.6. The molecule has 1 N–H and O–H groups in total. The minimum Gasteiger partial charge on any atom is -0.476 e. The molecule has 0 aliphatic carbocycles. The number of nitriles is 1. The van der Waals surface area contributed by atoms with Crippen molar-refractivity contribution in [3.63, 3.8) is 0 Å². The Labute approximate surface area is 90.5 Å². The molecule has 1 aromatic heterocycles. The molecule has 0 spiro atoms. The molecule has 5 heteroatoms. The molecule has 0 bridgehead atoms. The van der Waals surface area contributed by atoms with Gasteiger partial charge in [0.05, 0.1) is 11.6 Å². The lowest BCUT2D eigenvalue weighted by molar-refractivity contribution is 0.0686. The van der Waals surface area contributed by atoms with Crippen molar-refractivity contribution in [1.29, 1.82) is 5.26 Å². The zero-order valence-electron chi connectivity index (χ0n) is 8.04. The molecule has 78 valence electrons. The lowest BCUT2D eigenvalue weighted by Gasteiger charge is -1.93. The standard InChI is InChI=1S/C11H6N2O3/c12-6-7-1-3-8(4-2-7)10-5-9(11(14)15)13-16-10/h1-5H,(H,14,15). The second kappa shape index (κ2) is 3.87. The molecule has 0 aliphatic rings. The summed E-state index contributed by atoms with van der Waals surface area (Å²) in [6.45, 7) is 0. The van der Waals surface area contributed by atoms with Gasteiger partial charge in [-0.05, 0) is 24.3 Å². The smallest absolute Gasteiger partial charge is 0.358 e. The molecule has 0 unspecified atom stereocenters. The Bertz CT molecular complexity index is 564. The maximum Gasteiger partial charge on any atom is 0.358 e. The van der Waals surface area contributed by atoms with Crippen LogP contribution in [0.15, 0.2) is 34.9 Å². The van der Waals surface area contributed by atoms with Crippen molar-refractivity contribution in [2.45, 2.75) is 0 Å². The third-order valence-corrected chi connectivity index (χ3v) is 2.03. The maximum atomic E-state index is 10.6. The fourth-order valence-corrected chi connectivity index (χ4v) is 1.22. The van der Waals surface area contributed by atoms with Gasteiger partial charge in [0.1, 0.15) is 0 Å². The molecule has 2 aromatic rings. The molecule has 0 aliphatic heterocycles. The summed E-state index contributed by atoms with van der Waals surface area (Å²) in [5.74, 6) is -0.773. The van der Waals surface area contributed by atoms with Crippen LogP contribution in [0, 0.1) is 11.3 Å². The first-order valence-electron chi connectivity index (χ1n) is 4.41. The van der Waals surface area contributed by atoms with E-state index in [0.717, 1.165) is 0 Å². The fraction of sp³-hybridized carbons (Fsp3) is 0. The van der Waals surface area contributed by atoms with Crippen LogP contribution in [0.2, 0.25) is 0 Å². The topological polar surface area (TPSA) is 87.1 Å². The van der Waals surface area contributed by atoms with E-state index in [2.05, 4.69) is 5.16 Å². The lowest BCUT2D eigenvalue weighted by Crippen LogP contribution is -1.94. The molecule has 16 heavy (non-hydrogen) atoms. The molecule has 0 radical (unpaired) electrons. The van der Waals surface area contributed by atoms with E-state index in [1.54, 1.807) is 24.3 Å². The lowest BCUT2D eigenvalue weighted by atomic mass is 10.1. The van der Waals surface area contributed by atoms with Gasteiger partial charge in [0.25, 0.3) is 0 Å². The van der Waals surface area contributed by atoms with Crippen molar-refractivity contribution in [3.05, 3.63) is 41.6 Å². The van der Waals surface area contributed by atoms with E-state index in [1.807, 2.05) is 6.07 Å². The summed E-state index contributed by atoms with van der Waals surface area (Å²) in [7, 11) is 0. The first kappa shape index (κ1) is 9.93. The van der Waals surface area contributed by atoms with Crippen LogP contribution in [-0.4, -0.2) is 16.2 Å². The predicted molar refractivity (Wildman–Crippen MR) is 53.6 cm³/mol. The minimum absolute atomic E-state index is 0.139. The van der Waals surface area contributed by atoms with Gasteiger partial charge in [0, 0.05) is 11.6 Å². The summed E-state index contributed by atoms with van der Waals surface area (Å²) < 4.78 is 4.87. The molecule has 2 rings (SSSR count). The van der Waals surface area contributed by atoms with Crippen LogP contribution in [0.1, 0.15) is 16.1 Å². The highest BCUT2D eigenvalue weighted by atomic mass is 16.5. The Morgan fingerprint density at radius 3 is 2.56 bits per heavy atom. The van der Waals surface area contributed by atoms with Crippen molar-refractivity contribution in [1.82, 2.24) is 5.16 Å². The zero-order valence-corrected chi connectivity index (χ0v) is 8.04. The molecule has 0 fully saturated rings. The second-order valence-electron chi connectivity index (χ2n) is 3.07. The first-order valence-corrected chi connectivity index (χ1v) is 4.41. The van der Waals surface area contributed by atoms with Crippen molar-refractivity contribution < 1.29 is 14.4 Å². The van der Waals surface area contributed by atoms with Gasteiger partial charge >= 0.3 is 5.97 Å². The predicted octanol–water partition coefficient (Wildman–Crippen LogP) is 1.91. The van der Waals surface area contributed by atoms with E-state index in [9.17, 15) is 4.79 Å². The van der Waals surface area contributed by atoms with Crippen molar-refractivity contribution in [2.75, 3.05) is 0 Å². The van der Waals surface area contributed by atoms with Gasteiger partial charge < -0.3 is 9.63 Å². The Kier molecular flexibility index (Phi) is 2.40. The van der Waals surface area contributed by atoms with Crippen LogP contribution in [0.25, 0.3) is 11.3 Å². The Balaban J connectivity index is 2.36. The molecule has 0 saturated carbocycles. The summed E-state index contributed by atoms with van der Waals surface area (Å²) in [6.07, 6.45) is 0. The first-order chi connectivity index (χ1) is 7.70. The highest BCUT2D eigenvalue weighted by molar-refractivity contribution is 5.86. The van der Waals surface area contributed by atoms with E-state index in [1.165, 1.54) is 6.07 Å². The summed E-state index contributed by atoms with van der Waals surface area (Å²) in [6, 6.07) is 9.92. The number of aromatic carboxylic acids is 1. The van der Waals surface area contributed by atoms with E-state index in [-0.39, 0.29) is 5.69 Å². The van der Waals surface area contributed by atoms with Crippen LogP contribution in [0.3, 0.4) is 0 Å². The minimum atomic E-state index is -1.14. The largest absolute Gasteiger partial charge is 0.476 e. The van der Waals surface area contributed by atoms with E-state index >= 15 is 0 Å². The van der Waals surface area contributed by atoms with Crippen LogP contribution in [0.5, 0.6) is 0 Å². The average Bonchev–Trinajstić information content (AvgIpc) is 2.78. The molecule has 5 nitrogen and oxygen atoms in total. The van der Waals surface area contributed by atoms with Gasteiger partial charge in [-0.2, -0.15) is 5.26 Å². The van der Waals surface area contributed by atoms with Crippen LogP contribution < -0.4 is 0 Å². The number of hydrogen-bond donors (Lipinski definition) is 1. The van der Waals surface area contributed by atoms with Crippen molar-refractivity contribution in [3.8, 4) is 17.4 Å². The summed E-state index contributed by atoms with van der Waals surface area (Å²) in [5.41, 5.74) is 1.07. The average molecular weight is 214 g/mol. The van der Waals surface area contributed by atoms with Gasteiger partial charge in [0.15, 0.2) is 11.5 Å². The van der Waals surface area contributed by atoms with Crippen LogP contribution >= 0.6 is 0 Å². The molecular weight excluding hydrogens is 208 g/mol. The molecule has 0 atom stereocenters. The Hall–Kier alpha value is -2.61. The third kappa shape index (κ3) is 1.77. The Morgan fingerprint density at radius 1 is 1.38 bits per heavy atom. The molecule has 0 amide bonds. The van der Waals surface area contributed by atoms with Crippen LogP contribution in [0.4, 0.5) is 0 Å². The number of carbonyl (C=O) groups is 1.